The Labute approximate surface area is 114 Å². The summed E-state index contributed by atoms with van der Waals surface area (Å²) in [6.07, 6.45) is 5.33. The molecule has 0 spiro atoms. The highest BCUT2D eigenvalue weighted by Gasteiger charge is 2.22. The fourth-order valence-electron chi connectivity index (χ4n) is 2.44. The molecule has 1 fully saturated rings. The summed E-state index contributed by atoms with van der Waals surface area (Å²) in [5, 5.41) is 0.672. The molecule has 0 heterocycles. The molecule has 1 nitrogen and oxygen atoms in total. The normalized spacial score (nSPS) is 23.1. The van der Waals surface area contributed by atoms with E-state index in [0.29, 0.717) is 17.0 Å². The zero-order valence-corrected chi connectivity index (χ0v) is 11.8. The van der Waals surface area contributed by atoms with Crippen molar-refractivity contribution >= 4 is 11.6 Å². The lowest BCUT2D eigenvalue weighted by atomic mass is 9.88. The minimum Gasteiger partial charge on any atom is -0.490 e. The zero-order chi connectivity index (χ0) is 13.0. The van der Waals surface area contributed by atoms with Gasteiger partial charge in [-0.1, -0.05) is 30.9 Å². The fraction of sp³-hybridized carbons (Fsp3) is 0.500. The molecule has 1 aliphatic carbocycles. The van der Waals surface area contributed by atoms with Crippen LogP contribution in [0.1, 0.15) is 45.1 Å². The van der Waals surface area contributed by atoms with E-state index in [2.05, 4.69) is 18.8 Å². The molecule has 0 bridgehead atoms. The van der Waals surface area contributed by atoms with Crippen molar-refractivity contribution in [2.75, 3.05) is 0 Å². The first-order chi connectivity index (χ1) is 8.70. The molecule has 0 aromatic heterocycles. The van der Waals surface area contributed by atoms with Crippen LogP contribution in [0.25, 0.3) is 0 Å². The lowest BCUT2D eigenvalue weighted by Crippen LogP contribution is -2.28. The summed E-state index contributed by atoms with van der Waals surface area (Å²) in [6.45, 7) is 4.08. The van der Waals surface area contributed by atoms with E-state index >= 15 is 0 Å². The predicted octanol–water partition coefficient (Wildman–Crippen LogP) is 4.67. The third-order valence-corrected chi connectivity index (χ3v) is 3.83. The Morgan fingerprint density at radius 3 is 2.72 bits per heavy atom. The average molecular weight is 263 g/mol. The van der Waals surface area contributed by atoms with E-state index in [-0.39, 0.29) is 0 Å². The third kappa shape index (κ3) is 3.21. The molecule has 1 aromatic carbocycles. The molecular weight excluding hydrogens is 244 g/mol. The number of hydrogen-bond donors (Lipinski definition) is 0. The van der Waals surface area contributed by atoms with Crippen LogP contribution in [-0.4, -0.2) is 6.10 Å². The van der Waals surface area contributed by atoms with E-state index in [1.54, 1.807) is 0 Å². The Hall–Kier alpha value is -1.13. The summed E-state index contributed by atoms with van der Waals surface area (Å²) >= 11 is 6.18. The Bertz CT molecular complexity index is 470. The molecule has 0 saturated heterocycles. The summed E-state index contributed by atoms with van der Waals surface area (Å²) in [7, 11) is 0. The molecule has 0 amide bonds. The molecule has 1 aliphatic rings. The maximum absolute atomic E-state index is 6.18. The van der Waals surface area contributed by atoms with Crippen LogP contribution in [0.3, 0.4) is 0 Å². The molecule has 96 valence electrons. The van der Waals surface area contributed by atoms with Crippen molar-refractivity contribution in [3.05, 3.63) is 28.8 Å². The van der Waals surface area contributed by atoms with Gasteiger partial charge in [-0.05, 0) is 44.2 Å². The van der Waals surface area contributed by atoms with Gasteiger partial charge in [0.15, 0.2) is 0 Å². The van der Waals surface area contributed by atoms with Gasteiger partial charge in [-0.3, -0.25) is 0 Å². The smallest absolute Gasteiger partial charge is 0.121 e. The summed E-state index contributed by atoms with van der Waals surface area (Å²) in [5.41, 5.74) is 0.864. The van der Waals surface area contributed by atoms with Gasteiger partial charge in [-0.25, -0.2) is 0 Å². The van der Waals surface area contributed by atoms with Gasteiger partial charge in [0, 0.05) is 11.6 Å². The summed E-state index contributed by atoms with van der Waals surface area (Å²) in [5.74, 6) is 7.33. The first-order valence-electron chi connectivity index (χ1n) is 6.59. The van der Waals surface area contributed by atoms with E-state index in [0.717, 1.165) is 17.7 Å². The largest absolute Gasteiger partial charge is 0.490 e. The molecular formula is C16H19ClO. The molecule has 2 rings (SSSR count). The first-order valence-corrected chi connectivity index (χ1v) is 6.97. The highest BCUT2D eigenvalue weighted by atomic mass is 35.5. The number of rotatable bonds is 2. The lowest BCUT2D eigenvalue weighted by Gasteiger charge is -2.29. The zero-order valence-electron chi connectivity index (χ0n) is 11.0. The number of benzene rings is 1. The van der Waals surface area contributed by atoms with Gasteiger partial charge in [0.1, 0.15) is 11.9 Å². The Kier molecular flexibility index (Phi) is 4.55. The van der Waals surface area contributed by atoms with Crippen LogP contribution in [0.2, 0.25) is 5.02 Å². The van der Waals surface area contributed by atoms with Crippen LogP contribution >= 0.6 is 11.6 Å². The van der Waals surface area contributed by atoms with Gasteiger partial charge in [0.25, 0.3) is 0 Å². The van der Waals surface area contributed by atoms with E-state index < -0.39 is 0 Å². The van der Waals surface area contributed by atoms with Gasteiger partial charge < -0.3 is 4.74 Å². The highest BCUT2D eigenvalue weighted by molar-refractivity contribution is 6.31. The molecule has 2 unspecified atom stereocenters. The molecule has 1 aromatic rings. The van der Waals surface area contributed by atoms with Gasteiger partial charge in [0.2, 0.25) is 0 Å². The quantitative estimate of drug-likeness (QED) is 0.704. The van der Waals surface area contributed by atoms with Gasteiger partial charge in [-0.15, -0.1) is 5.92 Å². The van der Waals surface area contributed by atoms with Crippen molar-refractivity contribution in [2.24, 2.45) is 5.92 Å². The molecule has 2 atom stereocenters. The molecule has 0 radical (unpaired) electrons. The van der Waals surface area contributed by atoms with Gasteiger partial charge in [-0.2, -0.15) is 0 Å². The van der Waals surface area contributed by atoms with E-state index in [4.69, 9.17) is 16.3 Å². The van der Waals surface area contributed by atoms with Crippen molar-refractivity contribution in [2.45, 2.75) is 45.6 Å². The maximum atomic E-state index is 6.18. The minimum absolute atomic E-state index is 0.331. The second kappa shape index (κ2) is 6.16. The molecule has 0 aliphatic heterocycles. The SMILES string of the molecule is CC#Cc1ccc(OC2CCCCC2C)cc1Cl. The van der Waals surface area contributed by atoms with Crippen LogP contribution in [0.5, 0.6) is 5.75 Å². The van der Waals surface area contributed by atoms with Crippen LogP contribution < -0.4 is 4.74 Å². The predicted molar refractivity (Wildman–Crippen MR) is 76.1 cm³/mol. The van der Waals surface area contributed by atoms with Crippen LogP contribution in [0.15, 0.2) is 18.2 Å². The number of halogens is 1. The van der Waals surface area contributed by atoms with Crippen LogP contribution in [0, 0.1) is 17.8 Å². The van der Waals surface area contributed by atoms with E-state index in [9.17, 15) is 0 Å². The molecule has 18 heavy (non-hydrogen) atoms. The van der Waals surface area contributed by atoms with Crippen molar-refractivity contribution in [1.82, 2.24) is 0 Å². The van der Waals surface area contributed by atoms with Crippen LogP contribution in [0.4, 0.5) is 0 Å². The van der Waals surface area contributed by atoms with Crippen LogP contribution in [-0.2, 0) is 0 Å². The van der Waals surface area contributed by atoms with Crippen molar-refractivity contribution < 1.29 is 4.74 Å². The van der Waals surface area contributed by atoms with Crippen molar-refractivity contribution in [1.29, 1.82) is 0 Å². The second-order valence-corrected chi connectivity index (χ2v) is 5.34. The molecule has 2 heteroatoms. The highest BCUT2D eigenvalue weighted by Crippen LogP contribution is 2.29. The Morgan fingerprint density at radius 1 is 1.28 bits per heavy atom. The van der Waals surface area contributed by atoms with Crippen molar-refractivity contribution in [3.8, 4) is 17.6 Å². The average Bonchev–Trinajstić information content (AvgIpc) is 2.36. The minimum atomic E-state index is 0.331. The topological polar surface area (TPSA) is 9.23 Å². The monoisotopic (exact) mass is 262 g/mol. The standard InChI is InChI=1S/C16H19ClO/c1-3-6-13-9-10-14(11-15(13)17)18-16-8-5-4-7-12(16)2/h9-12,16H,4-5,7-8H2,1-2H3. The first kappa shape index (κ1) is 13.3. The van der Waals surface area contributed by atoms with Gasteiger partial charge >= 0.3 is 0 Å². The number of hydrogen-bond acceptors (Lipinski definition) is 1. The van der Waals surface area contributed by atoms with E-state index in [1.165, 1.54) is 19.3 Å². The summed E-state index contributed by atoms with van der Waals surface area (Å²) in [4.78, 5) is 0. The van der Waals surface area contributed by atoms with E-state index in [1.807, 2.05) is 25.1 Å². The van der Waals surface area contributed by atoms with Gasteiger partial charge in [0.05, 0.1) is 5.02 Å². The van der Waals surface area contributed by atoms with Crippen molar-refractivity contribution in [3.63, 3.8) is 0 Å². The molecule has 1 saturated carbocycles. The lowest BCUT2D eigenvalue weighted by molar-refractivity contribution is 0.102. The number of ether oxygens (including phenoxy) is 1. The second-order valence-electron chi connectivity index (χ2n) is 4.93. The third-order valence-electron chi connectivity index (χ3n) is 3.52. The summed E-state index contributed by atoms with van der Waals surface area (Å²) < 4.78 is 6.05. The maximum Gasteiger partial charge on any atom is 0.121 e. The fourth-order valence-corrected chi connectivity index (χ4v) is 2.66. The summed E-state index contributed by atoms with van der Waals surface area (Å²) in [6, 6.07) is 5.77. The Morgan fingerprint density at radius 2 is 2.06 bits per heavy atom. The molecule has 0 N–H and O–H groups in total. The Balaban J connectivity index is 2.09.